The van der Waals surface area contributed by atoms with Gasteiger partial charge in [-0.2, -0.15) is 0 Å². The van der Waals surface area contributed by atoms with E-state index in [1.54, 1.807) is 44.6 Å². The topological polar surface area (TPSA) is 98.9 Å². The number of benzene rings is 3. The Labute approximate surface area is 250 Å². The normalized spacial score (nSPS) is 11.6. The molecule has 0 aliphatic carbocycles. The number of pyridine rings is 1. The van der Waals surface area contributed by atoms with E-state index in [-0.39, 0.29) is 18.8 Å². The third kappa shape index (κ3) is 6.69. The van der Waals surface area contributed by atoms with Crippen LogP contribution < -0.4 is 9.47 Å². The Morgan fingerprint density at radius 2 is 1.72 bits per heavy atom. The van der Waals surface area contributed by atoms with Crippen LogP contribution >= 0.6 is 0 Å². The molecule has 8 nitrogen and oxygen atoms in total. The minimum atomic E-state index is -1.60. The SMILES string of the molecule is COCCn1c(Cc2ccc(-c3cccc(OCc4cccc(C(C)C)c4OC)n3)cc2F)nc2ccc(C(O)O)cc21. The number of aliphatic hydroxyl groups is 2. The van der Waals surface area contributed by atoms with Crippen molar-refractivity contribution in [3.63, 3.8) is 0 Å². The number of nitrogens with zero attached hydrogens (tertiary/aromatic N) is 3. The Morgan fingerprint density at radius 3 is 2.44 bits per heavy atom. The summed E-state index contributed by atoms with van der Waals surface area (Å²) >= 11 is 0. The lowest BCUT2D eigenvalue weighted by Gasteiger charge is -2.16. The average molecular weight is 586 g/mol. The molecule has 0 saturated carbocycles. The second kappa shape index (κ2) is 13.3. The molecule has 5 aromatic rings. The summed E-state index contributed by atoms with van der Waals surface area (Å²) in [5.41, 5.74) is 5.50. The van der Waals surface area contributed by atoms with Gasteiger partial charge in [0.15, 0.2) is 6.29 Å². The highest BCUT2D eigenvalue weighted by Crippen LogP contribution is 2.31. The number of halogens is 1. The van der Waals surface area contributed by atoms with Crippen molar-refractivity contribution < 1.29 is 28.8 Å². The molecular formula is C34H36FN3O5. The van der Waals surface area contributed by atoms with Crippen molar-refractivity contribution in [1.82, 2.24) is 14.5 Å². The van der Waals surface area contributed by atoms with Crippen LogP contribution in [0.3, 0.4) is 0 Å². The van der Waals surface area contributed by atoms with Crippen LogP contribution in [0.15, 0.2) is 72.8 Å². The van der Waals surface area contributed by atoms with E-state index in [1.807, 2.05) is 34.9 Å². The first kappa shape index (κ1) is 30.2. The highest BCUT2D eigenvalue weighted by Gasteiger charge is 2.17. The van der Waals surface area contributed by atoms with Crippen LogP contribution in [0, 0.1) is 5.82 Å². The number of rotatable bonds is 12. The van der Waals surface area contributed by atoms with Gasteiger partial charge in [0.2, 0.25) is 5.88 Å². The fourth-order valence-electron chi connectivity index (χ4n) is 5.17. The van der Waals surface area contributed by atoms with Crippen LogP contribution in [-0.4, -0.2) is 45.6 Å². The van der Waals surface area contributed by atoms with Crippen LogP contribution in [0.25, 0.3) is 22.3 Å². The molecule has 0 bridgehead atoms. The van der Waals surface area contributed by atoms with Crippen LogP contribution in [0.1, 0.15) is 54.1 Å². The summed E-state index contributed by atoms with van der Waals surface area (Å²) in [5.74, 6) is 1.82. The largest absolute Gasteiger partial charge is 0.496 e. The number of para-hydroxylation sites is 1. The number of hydrogen-bond acceptors (Lipinski definition) is 7. The summed E-state index contributed by atoms with van der Waals surface area (Å²) in [6, 6.07) is 21.5. The zero-order valence-electron chi connectivity index (χ0n) is 24.8. The fraction of sp³-hybridized carbons (Fsp3) is 0.294. The predicted molar refractivity (Wildman–Crippen MR) is 163 cm³/mol. The molecule has 0 amide bonds. The van der Waals surface area contributed by atoms with Crippen LogP contribution in [0.2, 0.25) is 0 Å². The van der Waals surface area contributed by atoms with E-state index in [9.17, 15) is 10.2 Å². The molecule has 2 N–H and O–H groups in total. The number of hydrogen-bond donors (Lipinski definition) is 2. The van der Waals surface area contributed by atoms with Crippen molar-refractivity contribution in [2.45, 2.75) is 45.6 Å². The molecule has 0 fully saturated rings. The zero-order chi connectivity index (χ0) is 30.5. The van der Waals surface area contributed by atoms with E-state index >= 15 is 4.39 Å². The van der Waals surface area contributed by atoms with Gasteiger partial charge in [0, 0.05) is 42.8 Å². The van der Waals surface area contributed by atoms with Crippen molar-refractivity contribution in [1.29, 1.82) is 0 Å². The van der Waals surface area contributed by atoms with Gasteiger partial charge in [-0.1, -0.05) is 56.3 Å². The highest BCUT2D eigenvalue weighted by atomic mass is 19.1. The minimum Gasteiger partial charge on any atom is -0.496 e. The van der Waals surface area contributed by atoms with E-state index in [2.05, 4.69) is 24.9 Å². The van der Waals surface area contributed by atoms with Crippen molar-refractivity contribution in [3.8, 4) is 22.9 Å². The maximum atomic E-state index is 15.5. The number of ether oxygens (including phenoxy) is 3. The summed E-state index contributed by atoms with van der Waals surface area (Å²) in [5, 5.41) is 19.3. The molecule has 43 heavy (non-hydrogen) atoms. The Balaban J connectivity index is 1.36. The van der Waals surface area contributed by atoms with Crippen molar-refractivity contribution in [3.05, 3.63) is 107 Å². The molecule has 0 aliphatic heterocycles. The number of imidazole rings is 1. The maximum absolute atomic E-state index is 15.5. The minimum absolute atomic E-state index is 0.245. The monoisotopic (exact) mass is 585 g/mol. The fourth-order valence-corrected chi connectivity index (χ4v) is 5.17. The molecular weight excluding hydrogens is 549 g/mol. The molecule has 0 radical (unpaired) electrons. The van der Waals surface area contributed by atoms with Gasteiger partial charge in [-0.05, 0) is 41.3 Å². The second-order valence-electron chi connectivity index (χ2n) is 10.6. The van der Waals surface area contributed by atoms with E-state index in [1.165, 1.54) is 6.07 Å². The van der Waals surface area contributed by atoms with Gasteiger partial charge in [0.25, 0.3) is 0 Å². The summed E-state index contributed by atoms with van der Waals surface area (Å²) in [6.45, 7) is 5.43. The predicted octanol–water partition coefficient (Wildman–Crippen LogP) is 6.17. The molecule has 0 saturated heterocycles. The van der Waals surface area contributed by atoms with Crippen LogP contribution in [0.5, 0.6) is 11.6 Å². The Kier molecular flexibility index (Phi) is 9.35. The van der Waals surface area contributed by atoms with Crippen molar-refractivity contribution in [2.24, 2.45) is 0 Å². The first-order valence-electron chi connectivity index (χ1n) is 14.2. The van der Waals surface area contributed by atoms with E-state index < -0.39 is 6.29 Å². The van der Waals surface area contributed by atoms with Gasteiger partial charge in [-0.3, -0.25) is 0 Å². The molecule has 0 spiro atoms. The maximum Gasteiger partial charge on any atom is 0.214 e. The molecule has 5 rings (SSSR count). The number of aromatic nitrogens is 3. The van der Waals surface area contributed by atoms with Gasteiger partial charge >= 0.3 is 0 Å². The molecule has 0 unspecified atom stereocenters. The third-order valence-electron chi connectivity index (χ3n) is 7.42. The van der Waals surface area contributed by atoms with Gasteiger partial charge in [0.05, 0.1) is 30.4 Å². The smallest absolute Gasteiger partial charge is 0.214 e. The summed E-state index contributed by atoms with van der Waals surface area (Å²) in [7, 11) is 3.27. The lowest BCUT2D eigenvalue weighted by molar-refractivity contribution is -0.0424. The van der Waals surface area contributed by atoms with Gasteiger partial charge in [-0.25, -0.2) is 14.4 Å². The average Bonchev–Trinajstić information content (AvgIpc) is 3.35. The van der Waals surface area contributed by atoms with Crippen molar-refractivity contribution in [2.75, 3.05) is 20.8 Å². The Hall–Kier alpha value is -4.31. The van der Waals surface area contributed by atoms with Crippen LogP contribution in [0.4, 0.5) is 4.39 Å². The van der Waals surface area contributed by atoms with Crippen LogP contribution in [-0.2, 0) is 24.3 Å². The lowest BCUT2D eigenvalue weighted by Crippen LogP contribution is -2.10. The summed E-state index contributed by atoms with van der Waals surface area (Å²) in [6.07, 6.45) is -1.35. The van der Waals surface area contributed by atoms with E-state index in [4.69, 9.17) is 19.2 Å². The molecule has 2 aromatic heterocycles. The highest BCUT2D eigenvalue weighted by molar-refractivity contribution is 5.77. The standard InChI is InChI=1S/C34H36FN3O5/c1-21(2)26-8-5-7-25(33(26)42-4)20-43-32-10-6-9-28(37-32)23-12-11-22(27(35)17-23)19-31-36-29-14-13-24(34(39)40)18-30(29)38(31)15-16-41-3/h5-14,17-18,21,34,39-40H,15-16,19-20H2,1-4H3. The lowest BCUT2D eigenvalue weighted by atomic mass is 9.99. The summed E-state index contributed by atoms with van der Waals surface area (Å²) < 4.78 is 34.4. The van der Waals surface area contributed by atoms with Gasteiger partial charge < -0.3 is 29.0 Å². The molecule has 3 aromatic carbocycles. The van der Waals surface area contributed by atoms with E-state index in [0.29, 0.717) is 58.7 Å². The van der Waals surface area contributed by atoms with Crippen molar-refractivity contribution >= 4 is 11.0 Å². The Bertz CT molecular complexity index is 1720. The second-order valence-corrected chi connectivity index (χ2v) is 10.6. The summed E-state index contributed by atoms with van der Waals surface area (Å²) in [4.78, 5) is 9.33. The molecule has 0 atom stereocenters. The first-order chi connectivity index (χ1) is 20.8. The quantitative estimate of drug-likeness (QED) is 0.169. The molecule has 224 valence electrons. The molecule has 9 heteroatoms. The zero-order valence-corrected chi connectivity index (χ0v) is 24.8. The van der Waals surface area contributed by atoms with Gasteiger partial charge in [-0.15, -0.1) is 0 Å². The van der Waals surface area contributed by atoms with Gasteiger partial charge in [0.1, 0.15) is 24.0 Å². The first-order valence-corrected chi connectivity index (χ1v) is 14.2. The third-order valence-corrected chi connectivity index (χ3v) is 7.42. The number of aliphatic hydroxyl groups excluding tert-OH is 1. The Morgan fingerprint density at radius 1 is 0.907 bits per heavy atom. The number of methoxy groups -OCH3 is 2. The molecule has 2 heterocycles. The number of fused-ring (bicyclic) bond motifs is 1. The van der Waals surface area contributed by atoms with E-state index in [0.717, 1.165) is 22.4 Å². The molecule has 0 aliphatic rings.